The quantitative estimate of drug-likeness (QED) is 0.554. The SMILES string of the molecule is NC(CN1C=CNC1SC[C]=S)C(=O)O. The maximum atomic E-state index is 10.6. The highest BCUT2D eigenvalue weighted by Gasteiger charge is 2.23. The van der Waals surface area contributed by atoms with Crippen LogP contribution in [0.4, 0.5) is 0 Å². The number of carboxylic acid groups (broad SMARTS) is 1. The molecule has 0 aromatic rings. The number of nitrogens with zero attached hydrogens (tertiary/aromatic N) is 1. The summed E-state index contributed by atoms with van der Waals surface area (Å²) >= 11 is 6.13. The van der Waals surface area contributed by atoms with Gasteiger partial charge in [0.25, 0.3) is 0 Å². The van der Waals surface area contributed by atoms with Crippen molar-refractivity contribution in [2.75, 3.05) is 12.3 Å². The normalized spacial score (nSPS) is 21.1. The third kappa shape index (κ3) is 3.69. The van der Waals surface area contributed by atoms with Gasteiger partial charge in [-0.3, -0.25) is 4.79 Å². The number of nitrogens with two attached hydrogens (primary N) is 1. The smallest absolute Gasteiger partial charge is 0.322 e. The second kappa shape index (κ2) is 5.94. The molecular formula is C8H12N3O2S2. The predicted molar refractivity (Wildman–Crippen MR) is 63.4 cm³/mol. The van der Waals surface area contributed by atoms with Crippen LogP contribution in [-0.4, -0.2) is 45.2 Å². The van der Waals surface area contributed by atoms with E-state index in [1.165, 1.54) is 11.8 Å². The lowest BCUT2D eigenvalue weighted by atomic mass is 10.3. The summed E-state index contributed by atoms with van der Waals surface area (Å²) in [6, 6.07) is -0.880. The van der Waals surface area contributed by atoms with Gasteiger partial charge in [-0.05, 0) is 0 Å². The van der Waals surface area contributed by atoms with Crippen molar-refractivity contribution >= 4 is 35.3 Å². The molecule has 7 heteroatoms. The van der Waals surface area contributed by atoms with Crippen LogP contribution in [0.2, 0.25) is 0 Å². The fraction of sp³-hybridized carbons (Fsp3) is 0.500. The number of aliphatic carboxylic acids is 1. The predicted octanol–water partition coefficient (Wildman–Crippen LogP) is -0.332. The van der Waals surface area contributed by atoms with Gasteiger partial charge in [0.05, 0.1) is 0 Å². The standard InChI is InChI=1S/C8H12N3O2S2/c9-6(7(12)13)5-11-2-1-10-8(11)15-4-3-14/h1-2,6,8,10H,4-5,9H2,(H,12,13). The summed E-state index contributed by atoms with van der Waals surface area (Å²) in [5, 5.41) is 14.3. The molecule has 0 amide bonds. The lowest BCUT2D eigenvalue weighted by molar-refractivity contribution is -0.138. The number of carboxylic acids is 1. The average Bonchev–Trinajstić information content (AvgIpc) is 2.62. The summed E-state index contributed by atoms with van der Waals surface area (Å²) in [6.07, 6.45) is 3.54. The van der Waals surface area contributed by atoms with Crippen LogP contribution in [0, 0.1) is 0 Å². The molecule has 0 aromatic carbocycles. The van der Waals surface area contributed by atoms with Gasteiger partial charge in [0, 0.05) is 30.1 Å². The number of rotatable bonds is 6. The minimum absolute atomic E-state index is 0.00847. The number of thiocarbonyl (C=S) groups is 1. The molecule has 5 nitrogen and oxygen atoms in total. The fourth-order valence-electron chi connectivity index (χ4n) is 1.11. The molecule has 1 radical (unpaired) electrons. The summed E-state index contributed by atoms with van der Waals surface area (Å²) in [5.41, 5.74) is 5.43. The van der Waals surface area contributed by atoms with Crippen LogP contribution in [0.1, 0.15) is 0 Å². The van der Waals surface area contributed by atoms with E-state index in [1.807, 2.05) is 4.90 Å². The monoisotopic (exact) mass is 246 g/mol. The zero-order chi connectivity index (χ0) is 11.3. The third-order valence-corrected chi connectivity index (χ3v) is 3.19. The van der Waals surface area contributed by atoms with Gasteiger partial charge >= 0.3 is 5.97 Å². The van der Waals surface area contributed by atoms with Crippen LogP contribution in [-0.2, 0) is 4.79 Å². The minimum Gasteiger partial charge on any atom is -0.480 e. The van der Waals surface area contributed by atoms with Crippen molar-refractivity contribution < 1.29 is 9.90 Å². The summed E-state index contributed by atoms with van der Waals surface area (Å²) in [6.45, 7) is 0.272. The number of thioether (sulfide) groups is 1. The van der Waals surface area contributed by atoms with E-state index in [4.69, 9.17) is 10.8 Å². The molecule has 2 atom stereocenters. The maximum Gasteiger partial charge on any atom is 0.322 e. The Bertz CT molecular complexity index is 273. The lowest BCUT2D eigenvalue weighted by Crippen LogP contribution is -2.44. The molecule has 1 rings (SSSR count). The first-order valence-electron chi connectivity index (χ1n) is 4.28. The van der Waals surface area contributed by atoms with Crippen molar-refractivity contribution in [3.63, 3.8) is 0 Å². The zero-order valence-corrected chi connectivity index (χ0v) is 9.55. The van der Waals surface area contributed by atoms with Crippen LogP contribution in [0.25, 0.3) is 0 Å². The number of hydrogen-bond acceptors (Lipinski definition) is 6. The number of carbonyl (C=O) groups is 1. The Labute approximate surface area is 97.7 Å². The molecule has 0 saturated carbocycles. The van der Waals surface area contributed by atoms with Crippen LogP contribution < -0.4 is 11.1 Å². The number of nitrogens with one attached hydrogen (secondary N) is 1. The van der Waals surface area contributed by atoms with Crippen molar-refractivity contribution in [2.24, 2.45) is 5.73 Å². The largest absolute Gasteiger partial charge is 0.480 e. The average molecular weight is 246 g/mol. The molecule has 4 N–H and O–H groups in total. The summed E-state index contributed by atoms with van der Waals surface area (Å²) in [7, 11) is 0. The van der Waals surface area contributed by atoms with Gasteiger partial charge < -0.3 is 21.1 Å². The van der Waals surface area contributed by atoms with E-state index in [2.05, 4.69) is 22.9 Å². The van der Waals surface area contributed by atoms with Gasteiger partial charge in [-0.25, -0.2) is 0 Å². The van der Waals surface area contributed by atoms with Crippen molar-refractivity contribution in [1.29, 1.82) is 0 Å². The Balaban J connectivity index is 2.41. The maximum absolute atomic E-state index is 10.6. The summed E-state index contributed by atoms with van der Waals surface area (Å²) in [5.74, 6) is -0.395. The molecule has 0 bridgehead atoms. The van der Waals surface area contributed by atoms with Crippen molar-refractivity contribution in [3.8, 4) is 0 Å². The van der Waals surface area contributed by atoms with E-state index in [0.29, 0.717) is 5.75 Å². The Kier molecular flexibility index (Phi) is 4.86. The molecular weight excluding hydrogens is 234 g/mol. The van der Waals surface area contributed by atoms with Crippen molar-refractivity contribution in [1.82, 2.24) is 10.2 Å². The van der Waals surface area contributed by atoms with E-state index in [0.717, 1.165) is 0 Å². The highest BCUT2D eigenvalue weighted by molar-refractivity contribution is 8.01. The molecule has 0 saturated heterocycles. The molecule has 15 heavy (non-hydrogen) atoms. The fourth-order valence-corrected chi connectivity index (χ4v) is 2.07. The summed E-state index contributed by atoms with van der Waals surface area (Å²) < 4.78 is 0. The Morgan fingerprint density at radius 2 is 2.60 bits per heavy atom. The molecule has 1 aliphatic heterocycles. The third-order valence-electron chi connectivity index (χ3n) is 1.83. The molecule has 0 spiro atoms. The molecule has 0 aromatic heterocycles. The van der Waals surface area contributed by atoms with Gasteiger partial charge in [0.2, 0.25) is 0 Å². The molecule has 0 aliphatic carbocycles. The van der Waals surface area contributed by atoms with Crippen molar-refractivity contribution in [3.05, 3.63) is 12.4 Å². The van der Waals surface area contributed by atoms with Gasteiger partial charge in [-0.2, -0.15) is 0 Å². The van der Waals surface area contributed by atoms with Crippen LogP contribution in [0.15, 0.2) is 12.4 Å². The molecule has 83 valence electrons. The molecule has 0 fully saturated rings. The van der Waals surface area contributed by atoms with E-state index < -0.39 is 12.0 Å². The van der Waals surface area contributed by atoms with Gasteiger partial charge in [-0.1, -0.05) is 12.2 Å². The lowest BCUT2D eigenvalue weighted by Gasteiger charge is -2.25. The van der Waals surface area contributed by atoms with Crippen LogP contribution in [0.3, 0.4) is 0 Å². The first-order valence-corrected chi connectivity index (χ1v) is 5.74. The highest BCUT2D eigenvalue weighted by atomic mass is 32.2. The zero-order valence-electron chi connectivity index (χ0n) is 7.92. The Morgan fingerprint density at radius 3 is 3.20 bits per heavy atom. The Morgan fingerprint density at radius 1 is 1.87 bits per heavy atom. The van der Waals surface area contributed by atoms with Gasteiger partial charge in [0.1, 0.15) is 11.5 Å². The Hall–Kier alpha value is -0.790. The molecule has 2 unspecified atom stereocenters. The van der Waals surface area contributed by atoms with Gasteiger partial charge in [-0.15, -0.1) is 11.8 Å². The van der Waals surface area contributed by atoms with Crippen LogP contribution in [0.5, 0.6) is 0 Å². The topological polar surface area (TPSA) is 78.6 Å². The minimum atomic E-state index is -1.000. The molecule has 1 aliphatic rings. The highest BCUT2D eigenvalue weighted by Crippen LogP contribution is 2.17. The van der Waals surface area contributed by atoms with E-state index in [-0.39, 0.29) is 12.0 Å². The number of hydrogen-bond donors (Lipinski definition) is 3. The first-order chi connectivity index (χ1) is 7.15. The van der Waals surface area contributed by atoms with E-state index in [1.54, 1.807) is 12.4 Å². The van der Waals surface area contributed by atoms with Crippen molar-refractivity contribution in [2.45, 2.75) is 11.5 Å². The second-order valence-corrected chi connectivity index (χ2v) is 4.29. The van der Waals surface area contributed by atoms with Gasteiger partial charge in [0.15, 0.2) is 0 Å². The van der Waals surface area contributed by atoms with Crippen LogP contribution >= 0.6 is 24.0 Å². The second-order valence-electron chi connectivity index (χ2n) is 2.93. The molecule has 1 heterocycles. The first kappa shape index (κ1) is 12.3. The summed E-state index contributed by atoms with van der Waals surface area (Å²) in [4.78, 5) is 12.4. The van der Waals surface area contributed by atoms with E-state index in [9.17, 15) is 4.79 Å². The van der Waals surface area contributed by atoms with E-state index >= 15 is 0 Å².